The van der Waals surface area contributed by atoms with Gasteiger partial charge in [-0.1, -0.05) is 35.2 Å². The highest BCUT2D eigenvalue weighted by Crippen LogP contribution is 2.41. The van der Waals surface area contributed by atoms with E-state index in [1.54, 1.807) is 0 Å². The second-order valence-electron chi connectivity index (χ2n) is 5.68. The number of rotatable bonds is 2. The number of hydrogen-bond acceptors (Lipinski definition) is 1. The molecule has 1 amide bonds. The van der Waals surface area contributed by atoms with E-state index < -0.39 is 45.5 Å². The minimum atomic E-state index is -5.08. The van der Waals surface area contributed by atoms with Gasteiger partial charge in [0.05, 0.1) is 16.7 Å². The van der Waals surface area contributed by atoms with E-state index in [1.165, 1.54) is 0 Å². The Balaban J connectivity index is 2.50. The smallest absolute Gasteiger partial charge is 0.349 e. The molecule has 1 aromatic carbocycles. The van der Waals surface area contributed by atoms with E-state index in [2.05, 4.69) is 21.2 Å². The summed E-state index contributed by atoms with van der Waals surface area (Å²) in [5.74, 6) is -1.34. The topological polar surface area (TPSA) is 29.1 Å². The van der Waals surface area contributed by atoms with Gasteiger partial charge in [-0.05, 0) is 25.0 Å². The van der Waals surface area contributed by atoms with Gasteiger partial charge in [-0.2, -0.15) is 26.3 Å². The van der Waals surface area contributed by atoms with Crippen molar-refractivity contribution in [3.8, 4) is 0 Å². The maximum Gasteiger partial charge on any atom is 0.417 e. The lowest BCUT2D eigenvalue weighted by Crippen LogP contribution is -2.38. The third kappa shape index (κ3) is 4.43. The molecule has 1 aromatic rings. The number of nitrogens with one attached hydrogen (secondary N) is 1. The average Bonchev–Trinajstić information content (AvgIpc) is 2.45. The fourth-order valence-corrected chi connectivity index (χ4v) is 3.26. The summed E-state index contributed by atoms with van der Waals surface area (Å²) in [6.07, 6.45) is -6.57. The van der Waals surface area contributed by atoms with Crippen LogP contribution in [0.25, 0.3) is 0 Å². The summed E-state index contributed by atoms with van der Waals surface area (Å²) in [6.45, 7) is 0. The van der Waals surface area contributed by atoms with Crippen LogP contribution >= 0.6 is 15.9 Å². The Bertz CT molecular complexity index is 584. The maximum atomic E-state index is 13.2. The molecule has 1 saturated carbocycles. The van der Waals surface area contributed by atoms with Crippen LogP contribution in [0.2, 0.25) is 0 Å². The third-order valence-corrected chi connectivity index (χ3v) is 4.34. The zero-order valence-electron chi connectivity index (χ0n) is 12.3. The molecule has 1 fully saturated rings. The molecule has 134 valence electrons. The number of halogens is 7. The molecular weight excluding hydrogens is 404 g/mol. The molecule has 0 heterocycles. The van der Waals surface area contributed by atoms with Crippen molar-refractivity contribution in [1.82, 2.24) is 5.32 Å². The summed E-state index contributed by atoms with van der Waals surface area (Å²) >= 11 is 2.65. The lowest BCUT2D eigenvalue weighted by atomic mass is 9.94. The highest BCUT2D eigenvalue weighted by atomic mass is 79.9. The second-order valence-corrected chi connectivity index (χ2v) is 6.60. The summed E-state index contributed by atoms with van der Waals surface area (Å²) < 4.78 is 78.6. The Kier molecular flexibility index (Phi) is 5.51. The summed E-state index contributed by atoms with van der Waals surface area (Å²) in [7, 11) is 0. The predicted molar refractivity (Wildman–Crippen MR) is 78.5 cm³/mol. The van der Waals surface area contributed by atoms with Gasteiger partial charge < -0.3 is 5.32 Å². The fraction of sp³-hybridized carbons (Fsp3) is 0.533. The minimum absolute atomic E-state index is 0.392. The predicted octanol–water partition coefficient (Wildman–Crippen LogP) is 5.55. The largest absolute Gasteiger partial charge is 0.417 e. The Morgan fingerprint density at radius 2 is 1.42 bits per heavy atom. The van der Waals surface area contributed by atoms with Gasteiger partial charge in [0, 0.05) is 10.5 Å². The van der Waals surface area contributed by atoms with Gasteiger partial charge in [-0.25, -0.2) is 0 Å². The molecule has 2 nitrogen and oxygen atoms in total. The van der Waals surface area contributed by atoms with Gasteiger partial charge in [0.25, 0.3) is 5.91 Å². The van der Waals surface area contributed by atoms with E-state index in [1.807, 2.05) is 0 Å². The molecule has 0 aliphatic heterocycles. The van der Waals surface area contributed by atoms with Crippen LogP contribution in [0.4, 0.5) is 26.3 Å². The van der Waals surface area contributed by atoms with Crippen LogP contribution in [0, 0.1) is 0 Å². The molecule has 1 N–H and O–H groups in total. The fourth-order valence-electron chi connectivity index (χ4n) is 2.80. The van der Waals surface area contributed by atoms with Crippen LogP contribution in [0.15, 0.2) is 16.6 Å². The molecular formula is C15H14BrF6NO. The molecule has 0 saturated heterocycles. The maximum absolute atomic E-state index is 13.2. The number of benzene rings is 1. The summed E-state index contributed by atoms with van der Waals surface area (Å²) in [6, 6.07) is 0.577. The van der Waals surface area contributed by atoms with E-state index in [4.69, 9.17) is 0 Å². The van der Waals surface area contributed by atoms with Crippen LogP contribution in [0.5, 0.6) is 0 Å². The zero-order chi connectivity index (χ0) is 18.1. The Morgan fingerprint density at radius 3 is 1.83 bits per heavy atom. The Hall–Kier alpha value is -1.25. The standard InChI is InChI=1S/C15H14BrF6NO/c16-8-6-10(14(17,18)19)12(11(7-8)15(20,21)22)13(24)23-9-4-2-1-3-5-9/h6-7,9H,1-5H2,(H,23,24). The van der Waals surface area contributed by atoms with Crippen molar-refractivity contribution in [1.29, 1.82) is 0 Å². The van der Waals surface area contributed by atoms with E-state index in [0.717, 1.165) is 19.3 Å². The van der Waals surface area contributed by atoms with Crippen molar-refractivity contribution in [3.05, 3.63) is 33.3 Å². The van der Waals surface area contributed by atoms with E-state index >= 15 is 0 Å². The van der Waals surface area contributed by atoms with Crippen molar-refractivity contribution >= 4 is 21.8 Å². The van der Waals surface area contributed by atoms with Crippen LogP contribution in [0.1, 0.15) is 53.6 Å². The molecule has 1 aliphatic rings. The van der Waals surface area contributed by atoms with Crippen molar-refractivity contribution in [2.75, 3.05) is 0 Å². The van der Waals surface area contributed by atoms with Crippen LogP contribution < -0.4 is 5.32 Å². The van der Waals surface area contributed by atoms with Gasteiger partial charge in [0.1, 0.15) is 0 Å². The van der Waals surface area contributed by atoms with Crippen molar-refractivity contribution in [3.63, 3.8) is 0 Å². The number of amides is 1. The first-order chi connectivity index (χ1) is 11.0. The van der Waals surface area contributed by atoms with Crippen molar-refractivity contribution < 1.29 is 31.1 Å². The molecule has 1 aliphatic carbocycles. The normalized spacial score (nSPS) is 17.0. The molecule has 9 heteroatoms. The average molecular weight is 418 g/mol. The molecule has 24 heavy (non-hydrogen) atoms. The highest BCUT2D eigenvalue weighted by Gasteiger charge is 2.43. The van der Waals surface area contributed by atoms with Crippen molar-refractivity contribution in [2.24, 2.45) is 0 Å². The molecule has 2 rings (SSSR count). The second kappa shape index (κ2) is 6.93. The summed E-state index contributed by atoms with van der Waals surface area (Å²) in [5, 5.41) is 2.33. The monoisotopic (exact) mass is 417 g/mol. The van der Waals surface area contributed by atoms with Crippen LogP contribution in [-0.4, -0.2) is 11.9 Å². The summed E-state index contributed by atoms with van der Waals surface area (Å²) in [5.41, 5.74) is -4.57. The van der Waals surface area contributed by atoms with Gasteiger partial charge in [0.15, 0.2) is 0 Å². The van der Waals surface area contributed by atoms with Gasteiger partial charge in [-0.3, -0.25) is 4.79 Å². The van der Waals surface area contributed by atoms with Crippen LogP contribution in [0.3, 0.4) is 0 Å². The lowest BCUT2D eigenvalue weighted by Gasteiger charge is -2.25. The minimum Gasteiger partial charge on any atom is -0.349 e. The molecule has 0 atom stereocenters. The number of alkyl halides is 6. The number of carbonyl (C=O) groups excluding carboxylic acids is 1. The third-order valence-electron chi connectivity index (χ3n) is 3.88. The molecule has 0 unspecified atom stereocenters. The Morgan fingerprint density at radius 1 is 0.958 bits per heavy atom. The lowest BCUT2D eigenvalue weighted by molar-refractivity contribution is -0.143. The highest BCUT2D eigenvalue weighted by molar-refractivity contribution is 9.10. The first-order valence-electron chi connectivity index (χ1n) is 7.29. The first kappa shape index (κ1) is 19.1. The number of carbonyl (C=O) groups is 1. The van der Waals surface area contributed by atoms with Gasteiger partial charge in [0.2, 0.25) is 0 Å². The quantitative estimate of drug-likeness (QED) is 0.628. The SMILES string of the molecule is O=C(NC1CCCCC1)c1c(C(F)(F)F)cc(Br)cc1C(F)(F)F. The summed E-state index contributed by atoms with van der Waals surface area (Å²) in [4.78, 5) is 12.2. The van der Waals surface area contributed by atoms with E-state index in [0.29, 0.717) is 25.0 Å². The van der Waals surface area contributed by atoms with Crippen LogP contribution in [-0.2, 0) is 12.4 Å². The van der Waals surface area contributed by atoms with E-state index in [-0.39, 0.29) is 0 Å². The van der Waals surface area contributed by atoms with Crippen molar-refractivity contribution in [2.45, 2.75) is 50.5 Å². The Labute approximate surface area is 142 Å². The first-order valence-corrected chi connectivity index (χ1v) is 8.08. The molecule has 0 spiro atoms. The zero-order valence-corrected chi connectivity index (χ0v) is 13.9. The van der Waals surface area contributed by atoms with Gasteiger partial charge >= 0.3 is 12.4 Å². The molecule has 0 radical (unpaired) electrons. The van der Waals surface area contributed by atoms with Gasteiger partial charge in [-0.15, -0.1) is 0 Å². The number of hydrogen-bond donors (Lipinski definition) is 1. The molecule has 0 aromatic heterocycles. The molecule has 0 bridgehead atoms. The van der Waals surface area contributed by atoms with E-state index in [9.17, 15) is 31.1 Å².